The van der Waals surface area contributed by atoms with Crippen LogP contribution < -0.4 is 5.73 Å². The number of carbonyl (C=O) groups is 1. The second-order valence-corrected chi connectivity index (χ2v) is 5.30. The zero-order chi connectivity index (χ0) is 13.1. The van der Waals surface area contributed by atoms with Crippen LogP contribution in [0.3, 0.4) is 0 Å². The molecule has 2 unspecified atom stereocenters. The molecule has 1 saturated heterocycles. The van der Waals surface area contributed by atoms with E-state index in [2.05, 4.69) is 0 Å². The van der Waals surface area contributed by atoms with E-state index in [9.17, 15) is 9.90 Å². The topological polar surface area (TPSA) is 75.8 Å². The zero-order valence-electron chi connectivity index (χ0n) is 11.0. The number of carbonyl (C=O) groups excluding carboxylic acids is 1. The average molecular weight is 244 g/mol. The largest absolute Gasteiger partial charge is 0.394 e. The molecule has 0 aromatic rings. The summed E-state index contributed by atoms with van der Waals surface area (Å²) in [6.45, 7) is 6.72. The molecule has 5 heteroatoms. The van der Waals surface area contributed by atoms with Crippen molar-refractivity contribution in [2.24, 2.45) is 5.73 Å². The molecule has 1 rings (SSSR count). The molecule has 1 aliphatic heterocycles. The van der Waals surface area contributed by atoms with Crippen LogP contribution in [0.5, 0.6) is 0 Å². The van der Waals surface area contributed by atoms with E-state index in [-0.39, 0.29) is 18.6 Å². The summed E-state index contributed by atoms with van der Waals surface area (Å²) in [5, 5.41) is 9.17. The number of ether oxygens (including phenoxy) is 1. The molecule has 1 aliphatic rings. The number of morpholine rings is 1. The van der Waals surface area contributed by atoms with Crippen molar-refractivity contribution in [3.63, 3.8) is 0 Å². The van der Waals surface area contributed by atoms with Crippen LogP contribution in [0.25, 0.3) is 0 Å². The molecule has 0 aromatic carbocycles. The summed E-state index contributed by atoms with van der Waals surface area (Å²) in [5.41, 5.74) is 5.42. The SMILES string of the molecule is CCCC(N)C(=O)N1CC(CO)OC(C)(C)C1. The number of hydrogen-bond donors (Lipinski definition) is 2. The Kier molecular flexibility index (Phi) is 4.91. The highest BCUT2D eigenvalue weighted by molar-refractivity contribution is 5.81. The molecular formula is C12H24N2O3. The van der Waals surface area contributed by atoms with Crippen LogP contribution in [-0.4, -0.2) is 53.4 Å². The minimum absolute atomic E-state index is 0.0401. The van der Waals surface area contributed by atoms with Gasteiger partial charge >= 0.3 is 0 Å². The molecule has 3 N–H and O–H groups in total. The maximum atomic E-state index is 12.1. The second kappa shape index (κ2) is 5.80. The number of nitrogens with zero attached hydrogens (tertiary/aromatic N) is 1. The van der Waals surface area contributed by atoms with Crippen LogP contribution in [-0.2, 0) is 9.53 Å². The first-order valence-electron chi connectivity index (χ1n) is 6.22. The molecule has 2 atom stereocenters. The maximum Gasteiger partial charge on any atom is 0.239 e. The molecule has 5 nitrogen and oxygen atoms in total. The Hall–Kier alpha value is -0.650. The molecule has 0 spiro atoms. The van der Waals surface area contributed by atoms with Crippen LogP contribution in [0.15, 0.2) is 0 Å². The van der Waals surface area contributed by atoms with Gasteiger partial charge in [-0.15, -0.1) is 0 Å². The lowest BCUT2D eigenvalue weighted by molar-refractivity contribution is -0.167. The van der Waals surface area contributed by atoms with Gasteiger partial charge in [0.25, 0.3) is 0 Å². The number of rotatable bonds is 4. The molecule has 1 fully saturated rings. The van der Waals surface area contributed by atoms with Gasteiger partial charge in [0.05, 0.1) is 24.4 Å². The number of amides is 1. The molecule has 0 aliphatic carbocycles. The van der Waals surface area contributed by atoms with Gasteiger partial charge in [-0.2, -0.15) is 0 Å². The van der Waals surface area contributed by atoms with Gasteiger partial charge in [-0.05, 0) is 20.3 Å². The number of aliphatic hydroxyl groups excluding tert-OH is 1. The fraction of sp³-hybridized carbons (Fsp3) is 0.917. The van der Waals surface area contributed by atoms with Gasteiger partial charge < -0.3 is 20.5 Å². The second-order valence-electron chi connectivity index (χ2n) is 5.30. The Morgan fingerprint density at radius 1 is 1.65 bits per heavy atom. The molecule has 1 amide bonds. The monoisotopic (exact) mass is 244 g/mol. The third-order valence-corrected chi connectivity index (χ3v) is 2.91. The molecule has 1 heterocycles. The summed E-state index contributed by atoms with van der Waals surface area (Å²) in [5.74, 6) is -0.0401. The average Bonchev–Trinajstić information content (AvgIpc) is 2.26. The van der Waals surface area contributed by atoms with Crippen LogP contribution >= 0.6 is 0 Å². The van der Waals surface area contributed by atoms with Crippen molar-refractivity contribution in [1.29, 1.82) is 0 Å². The van der Waals surface area contributed by atoms with Crippen LogP contribution in [0.4, 0.5) is 0 Å². The van der Waals surface area contributed by atoms with E-state index in [0.29, 0.717) is 19.5 Å². The van der Waals surface area contributed by atoms with Gasteiger partial charge in [0.15, 0.2) is 0 Å². The van der Waals surface area contributed by atoms with Crippen LogP contribution in [0, 0.1) is 0 Å². The minimum atomic E-state index is -0.437. The summed E-state index contributed by atoms with van der Waals surface area (Å²) in [6.07, 6.45) is 1.28. The lowest BCUT2D eigenvalue weighted by atomic mass is 10.0. The van der Waals surface area contributed by atoms with E-state index < -0.39 is 11.6 Å². The Morgan fingerprint density at radius 2 is 2.29 bits per heavy atom. The highest BCUT2D eigenvalue weighted by Crippen LogP contribution is 2.21. The lowest BCUT2D eigenvalue weighted by Gasteiger charge is -2.43. The first kappa shape index (κ1) is 14.4. The van der Waals surface area contributed by atoms with Gasteiger partial charge in [0.2, 0.25) is 5.91 Å². The van der Waals surface area contributed by atoms with E-state index in [1.165, 1.54) is 0 Å². The smallest absolute Gasteiger partial charge is 0.239 e. The lowest BCUT2D eigenvalue weighted by Crippen LogP contribution is -2.58. The Bertz CT molecular complexity index is 268. The summed E-state index contributed by atoms with van der Waals surface area (Å²) in [4.78, 5) is 13.8. The first-order valence-corrected chi connectivity index (χ1v) is 6.22. The molecule has 0 radical (unpaired) electrons. The quantitative estimate of drug-likeness (QED) is 0.736. The Morgan fingerprint density at radius 3 is 2.82 bits per heavy atom. The summed E-state index contributed by atoms with van der Waals surface area (Å²) in [6, 6.07) is -0.437. The summed E-state index contributed by atoms with van der Waals surface area (Å²) >= 11 is 0. The van der Waals surface area contributed by atoms with Crippen molar-refractivity contribution in [3.8, 4) is 0 Å². The normalized spacial score (nSPS) is 25.7. The third-order valence-electron chi connectivity index (χ3n) is 2.91. The predicted octanol–water partition coefficient (Wildman–Crippen LogP) is 0.112. The molecule has 0 aromatic heterocycles. The molecule has 0 saturated carbocycles. The maximum absolute atomic E-state index is 12.1. The van der Waals surface area contributed by atoms with E-state index >= 15 is 0 Å². The highest BCUT2D eigenvalue weighted by Gasteiger charge is 2.36. The van der Waals surface area contributed by atoms with Gasteiger partial charge in [-0.1, -0.05) is 13.3 Å². The fourth-order valence-electron chi connectivity index (χ4n) is 2.23. The minimum Gasteiger partial charge on any atom is -0.394 e. The van der Waals surface area contributed by atoms with Crippen LogP contribution in [0.2, 0.25) is 0 Å². The van der Waals surface area contributed by atoms with Gasteiger partial charge in [-0.25, -0.2) is 0 Å². The Balaban J connectivity index is 2.66. The fourth-order valence-corrected chi connectivity index (χ4v) is 2.23. The zero-order valence-corrected chi connectivity index (χ0v) is 11.0. The van der Waals surface area contributed by atoms with Crippen molar-refractivity contribution in [2.45, 2.75) is 51.4 Å². The molecule has 17 heavy (non-hydrogen) atoms. The third kappa shape index (κ3) is 3.94. The van der Waals surface area contributed by atoms with Crippen molar-refractivity contribution in [3.05, 3.63) is 0 Å². The number of nitrogens with two attached hydrogens (primary N) is 1. The van der Waals surface area contributed by atoms with E-state index in [1.54, 1.807) is 4.90 Å². The Labute approximate surface area is 103 Å². The van der Waals surface area contributed by atoms with Crippen molar-refractivity contribution in [2.75, 3.05) is 19.7 Å². The van der Waals surface area contributed by atoms with Crippen molar-refractivity contribution in [1.82, 2.24) is 4.90 Å². The van der Waals surface area contributed by atoms with Gasteiger partial charge in [0, 0.05) is 13.1 Å². The van der Waals surface area contributed by atoms with Crippen molar-refractivity contribution >= 4 is 5.91 Å². The van der Waals surface area contributed by atoms with E-state index in [1.807, 2.05) is 20.8 Å². The van der Waals surface area contributed by atoms with Crippen molar-refractivity contribution < 1.29 is 14.6 Å². The number of aliphatic hydroxyl groups is 1. The van der Waals surface area contributed by atoms with E-state index in [0.717, 1.165) is 6.42 Å². The summed E-state index contributed by atoms with van der Waals surface area (Å²) in [7, 11) is 0. The molecule has 0 bridgehead atoms. The predicted molar refractivity (Wildman–Crippen MR) is 65.5 cm³/mol. The van der Waals surface area contributed by atoms with Gasteiger partial charge in [0.1, 0.15) is 0 Å². The standard InChI is InChI=1S/C12H24N2O3/c1-4-5-10(13)11(16)14-6-9(7-15)17-12(2,3)8-14/h9-10,15H,4-8,13H2,1-3H3. The summed E-state index contributed by atoms with van der Waals surface area (Å²) < 4.78 is 5.66. The number of hydrogen-bond acceptors (Lipinski definition) is 4. The highest BCUT2D eigenvalue weighted by atomic mass is 16.5. The van der Waals surface area contributed by atoms with Crippen LogP contribution in [0.1, 0.15) is 33.6 Å². The van der Waals surface area contributed by atoms with Gasteiger partial charge in [-0.3, -0.25) is 4.79 Å². The molecule has 100 valence electrons. The van der Waals surface area contributed by atoms with E-state index in [4.69, 9.17) is 10.5 Å². The molecular weight excluding hydrogens is 220 g/mol. The first-order chi connectivity index (χ1) is 7.89.